The summed E-state index contributed by atoms with van der Waals surface area (Å²) < 4.78 is 5.71. The van der Waals surface area contributed by atoms with Gasteiger partial charge in [-0.3, -0.25) is 0 Å². The van der Waals surface area contributed by atoms with Crippen molar-refractivity contribution in [3.8, 4) is 0 Å². The highest BCUT2D eigenvalue weighted by molar-refractivity contribution is 4.78. The Kier molecular flexibility index (Phi) is 7.03. The molecule has 0 aliphatic heterocycles. The molecule has 2 nitrogen and oxygen atoms in total. The third-order valence-corrected chi connectivity index (χ3v) is 3.31. The van der Waals surface area contributed by atoms with Crippen LogP contribution in [0.15, 0.2) is 0 Å². The molecular weight excluding hydrogens is 186 g/mol. The van der Waals surface area contributed by atoms with E-state index in [1.807, 2.05) is 0 Å². The van der Waals surface area contributed by atoms with Gasteiger partial charge in [0.05, 0.1) is 6.61 Å². The molecule has 2 atom stereocenters. The van der Waals surface area contributed by atoms with Crippen LogP contribution < -0.4 is 5.32 Å². The van der Waals surface area contributed by atoms with E-state index in [4.69, 9.17) is 4.74 Å². The van der Waals surface area contributed by atoms with E-state index in [1.165, 1.54) is 32.1 Å². The highest BCUT2D eigenvalue weighted by Crippen LogP contribution is 2.23. The van der Waals surface area contributed by atoms with Crippen LogP contribution in [-0.4, -0.2) is 25.8 Å². The van der Waals surface area contributed by atoms with Gasteiger partial charge in [0.25, 0.3) is 0 Å². The highest BCUT2D eigenvalue weighted by atomic mass is 16.5. The fourth-order valence-electron chi connectivity index (χ4n) is 2.49. The summed E-state index contributed by atoms with van der Waals surface area (Å²) in [5.41, 5.74) is 0. The second-order valence-corrected chi connectivity index (χ2v) is 4.64. The zero-order valence-electron chi connectivity index (χ0n) is 10.4. The van der Waals surface area contributed by atoms with E-state index in [-0.39, 0.29) is 0 Å². The molecule has 0 radical (unpaired) electrons. The van der Waals surface area contributed by atoms with Crippen LogP contribution in [0.4, 0.5) is 0 Å². The first-order chi connectivity index (χ1) is 7.38. The second kappa shape index (κ2) is 8.12. The predicted molar refractivity (Wildman–Crippen MR) is 65.1 cm³/mol. The summed E-state index contributed by atoms with van der Waals surface area (Å²) in [4.78, 5) is 0. The molecule has 0 heterocycles. The summed E-state index contributed by atoms with van der Waals surface area (Å²) in [6, 6.07) is 0.703. The maximum absolute atomic E-state index is 5.71. The van der Waals surface area contributed by atoms with Crippen molar-refractivity contribution in [2.75, 3.05) is 19.8 Å². The van der Waals surface area contributed by atoms with Crippen LogP contribution in [0.25, 0.3) is 0 Å². The average molecular weight is 213 g/mol. The van der Waals surface area contributed by atoms with Crippen molar-refractivity contribution in [3.63, 3.8) is 0 Å². The van der Waals surface area contributed by atoms with Gasteiger partial charge in [0.1, 0.15) is 0 Å². The minimum atomic E-state index is 0.703. The van der Waals surface area contributed by atoms with Gasteiger partial charge in [0.2, 0.25) is 0 Å². The maximum Gasteiger partial charge on any atom is 0.0509 e. The van der Waals surface area contributed by atoms with Gasteiger partial charge in [-0.25, -0.2) is 0 Å². The Bertz CT molecular complexity index is 149. The average Bonchev–Trinajstić information content (AvgIpc) is 2.45. The lowest BCUT2D eigenvalue weighted by molar-refractivity contribution is 0.0823. The number of rotatable bonds is 6. The Morgan fingerprint density at radius 3 is 2.67 bits per heavy atom. The van der Waals surface area contributed by atoms with E-state index >= 15 is 0 Å². The summed E-state index contributed by atoms with van der Waals surface area (Å²) in [7, 11) is 0. The van der Waals surface area contributed by atoms with Gasteiger partial charge in [-0.05, 0) is 31.7 Å². The molecule has 2 heteroatoms. The Hall–Kier alpha value is -0.0800. The van der Waals surface area contributed by atoms with E-state index in [0.717, 1.165) is 32.1 Å². The van der Waals surface area contributed by atoms with Crippen molar-refractivity contribution < 1.29 is 4.74 Å². The van der Waals surface area contributed by atoms with Crippen molar-refractivity contribution >= 4 is 0 Å². The molecule has 0 amide bonds. The predicted octanol–water partition coefficient (Wildman–Crippen LogP) is 2.97. The smallest absolute Gasteiger partial charge is 0.0509 e. The second-order valence-electron chi connectivity index (χ2n) is 4.64. The molecule has 0 bridgehead atoms. The summed E-state index contributed by atoms with van der Waals surface area (Å²) in [6.07, 6.45) is 8.02. The molecule has 15 heavy (non-hydrogen) atoms. The van der Waals surface area contributed by atoms with Crippen LogP contribution in [0, 0.1) is 5.92 Å². The zero-order chi connectivity index (χ0) is 10.9. The Morgan fingerprint density at radius 1 is 1.13 bits per heavy atom. The lowest BCUT2D eigenvalue weighted by atomic mass is 9.95. The number of hydrogen-bond acceptors (Lipinski definition) is 2. The molecule has 0 aromatic heterocycles. The summed E-state index contributed by atoms with van der Waals surface area (Å²) in [6.45, 7) is 7.36. The SMILES string of the molecule is CCCOCC1CCCCCC1NCC. The van der Waals surface area contributed by atoms with E-state index < -0.39 is 0 Å². The lowest BCUT2D eigenvalue weighted by Gasteiger charge is -2.25. The van der Waals surface area contributed by atoms with Crippen molar-refractivity contribution in [3.05, 3.63) is 0 Å². The molecule has 0 aromatic rings. The third kappa shape index (κ3) is 4.98. The molecule has 0 aromatic carbocycles. The Labute approximate surface area is 94.8 Å². The summed E-state index contributed by atoms with van der Waals surface area (Å²) in [5.74, 6) is 0.749. The highest BCUT2D eigenvalue weighted by Gasteiger charge is 2.22. The summed E-state index contributed by atoms with van der Waals surface area (Å²) >= 11 is 0. The number of ether oxygens (including phenoxy) is 1. The molecule has 1 aliphatic rings. The summed E-state index contributed by atoms with van der Waals surface area (Å²) in [5, 5.41) is 3.62. The fourth-order valence-corrected chi connectivity index (χ4v) is 2.49. The van der Waals surface area contributed by atoms with Gasteiger partial charge in [0.15, 0.2) is 0 Å². The molecule has 1 rings (SSSR count). The van der Waals surface area contributed by atoms with Crippen molar-refractivity contribution in [2.24, 2.45) is 5.92 Å². The molecule has 2 unspecified atom stereocenters. The monoisotopic (exact) mass is 213 g/mol. The number of nitrogens with one attached hydrogen (secondary N) is 1. The molecule has 1 N–H and O–H groups in total. The maximum atomic E-state index is 5.71. The minimum absolute atomic E-state index is 0.703. The fraction of sp³-hybridized carbons (Fsp3) is 1.00. The topological polar surface area (TPSA) is 21.3 Å². The minimum Gasteiger partial charge on any atom is -0.381 e. The Balaban J connectivity index is 2.32. The van der Waals surface area contributed by atoms with Gasteiger partial charge in [-0.2, -0.15) is 0 Å². The zero-order valence-corrected chi connectivity index (χ0v) is 10.4. The lowest BCUT2D eigenvalue weighted by Crippen LogP contribution is -2.37. The van der Waals surface area contributed by atoms with Crippen LogP contribution in [0.3, 0.4) is 0 Å². The molecule has 1 aliphatic carbocycles. The molecule has 1 fully saturated rings. The van der Waals surface area contributed by atoms with E-state index in [2.05, 4.69) is 19.2 Å². The quantitative estimate of drug-likeness (QED) is 0.541. The molecular formula is C13H27NO. The first kappa shape index (κ1) is 13.0. The van der Waals surface area contributed by atoms with Crippen molar-refractivity contribution in [1.29, 1.82) is 0 Å². The van der Waals surface area contributed by atoms with Gasteiger partial charge in [-0.15, -0.1) is 0 Å². The van der Waals surface area contributed by atoms with Crippen LogP contribution >= 0.6 is 0 Å². The van der Waals surface area contributed by atoms with Crippen molar-refractivity contribution in [2.45, 2.75) is 58.4 Å². The third-order valence-electron chi connectivity index (χ3n) is 3.31. The first-order valence-corrected chi connectivity index (χ1v) is 6.69. The standard InChI is InChI=1S/C13H27NO/c1-3-10-15-11-12-8-6-5-7-9-13(12)14-4-2/h12-14H,3-11H2,1-2H3. The normalized spacial score (nSPS) is 27.6. The van der Waals surface area contributed by atoms with E-state index in [0.29, 0.717) is 6.04 Å². The largest absolute Gasteiger partial charge is 0.381 e. The first-order valence-electron chi connectivity index (χ1n) is 6.69. The van der Waals surface area contributed by atoms with Crippen LogP contribution in [-0.2, 0) is 4.74 Å². The Morgan fingerprint density at radius 2 is 1.93 bits per heavy atom. The number of hydrogen-bond donors (Lipinski definition) is 1. The van der Waals surface area contributed by atoms with Gasteiger partial charge >= 0.3 is 0 Å². The van der Waals surface area contributed by atoms with E-state index in [1.54, 1.807) is 0 Å². The molecule has 0 saturated heterocycles. The van der Waals surface area contributed by atoms with Gasteiger partial charge < -0.3 is 10.1 Å². The van der Waals surface area contributed by atoms with Gasteiger partial charge in [-0.1, -0.05) is 33.1 Å². The molecule has 90 valence electrons. The van der Waals surface area contributed by atoms with Crippen LogP contribution in [0.2, 0.25) is 0 Å². The molecule has 1 saturated carbocycles. The van der Waals surface area contributed by atoms with E-state index in [9.17, 15) is 0 Å². The van der Waals surface area contributed by atoms with Crippen LogP contribution in [0.1, 0.15) is 52.4 Å². The van der Waals surface area contributed by atoms with Gasteiger partial charge in [0, 0.05) is 12.6 Å². The van der Waals surface area contributed by atoms with Crippen molar-refractivity contribution in [1.82, 2.24) is 5.32 Å². The molecule has 0 spiro atoms. The van der Waals surface area contributed by atoms with Crippen LogP contribution in [0.5, 0.6) is 0 Å².